The van der Waals surface area contributed by atoms with Crippen molar-refractivity contribution in [1.29, 1.82) is 0 Å². The van der Waals surface area contributed by atoms with Gasteiger partial charge in [-0.05, 0) is 89.3 Å². The van der Waals surface area contributed by atoms with Gasteiger partial charge in [-0.3, -0.25) is 14.4 Å². The van der Waals surface area contributed by atoms with Crippen molar-refractivity contribution in [1.82, 2.24) is 10.2 Å². The van der Waals surface area contributed by atoms with E-state index in [9.17, 15) is 24.3 Å². The van der Waals surface area contributed by atoms with Crippen molar-refractivity contribution in [2.24, 2.45) is 5.73 Å². The molecule has 0 heterocycles. The van der Waals surface area contributed by atoms with Crippen LogP contribution in [0.15, 0.2) is 42.5 Å². The summed E-state index contributed by atoms with van der Waals surface area (Å²) in [4.78, 5) is 53.9. The largest absolute Gasteiger partial charge is 0.508 e. The van der Waals surface area contributed by atoms with Gasteiger partial charge in [0.05, 0.1) is 0 Å². The molecule has 2 rings (SSSR count). The number of alkyl carbamates (subject to hydrolysis) is 1. The zero-order chi connectivity index (χ0) is 30.2. The fraction of sp³-hybridized carbons (Fsp3) is 0.467. The molecular formula is C30H42N4O6. The second-order valence-electron chi connectivity index (χ2n) is 11.0. The molecule has 0 bridgehead atoms. The Kier molecular flexibility index (Phi) is 11.1. The van der Waals surface area contributed by atoms with Gasteiger partial charge in [0.2, 0.25) is 11.8 Å². The molecule has 0 saturated carbocycles. The topological polar surface area (TPSA) is 151 Å². The van der Waals surface area contributed by atoms with E-state index in [2.05, 4.69) is 10.6 Å². The quantitative estimate of drug-likeness (QED) is 0.322. The van der Waals surface area contributed by atoms with Crippen LogP contribution in [0.25, 0.3) is 0 Å². The van der Waals surface area contributed by atoms with Crippen molar-refractivity contribution in [3.8, 4) is 5.75 Å². The lowest BCUT2D eigenvalue weighted by Gasteiger charge is -2.38. The number of hydrogen-bond acceptors (Lipinski definition) is 6. The van der Waals surface area contributed by atoms with Crippen molar-refractivity contribution >= 4 is 29.5 Å². The Morgan fingerprint density at radius 2 is 1.70 bits per heavy atom. The molecule has 0 aliphatic rings. The van der Waals surface area contributed by atoms with Crippen LogP contribution in [0.2, 0.25) is 0 Å². The molecule has 40 heavy (non-hydrogen) atoms. The van der Waals surface area contributed by atoms with E-state index in [-0.39, 0.29) is 18.6 Å². The number of benzene rings is 2. The molecule has 0 spiro atoms. The van der Waals surface area contributed by atoms with Gasteiger partial charge in [-0.2, -0.15) is 0 Å². The number of amides is 4. The van der Waals surface area contributed by atoms with E-state index in [1.807, 2.05) is 26.0 Å². The number of nitrogens with one attached hydrogen (secondary N) is 2. The number of aryl methyl sites for hydroxylation is 2. The number of aromatic hydroxyl groups is 1. The molecule has 4 amide bonds. The van der Waals surface area contributed by atoms with E-state index in [1.54, 1.807) is 58.9 Å². The maximum absolute atomic E-state index is 14.2. The smallest absolute Gasteiger partial charge is 0.408 e. The average molecular weight is 555 g/mol. The summed E-state index contributed by atoms with van der Waals surface area (Å²) in [6.45, 7) is 12.3. The van der Waals surface area contributed by atoms with Crippen LogP contribution in [0, 0.1) is 13.8 Å². The van der Waals surface area contributed by atoms with Crippen LogP contribution >= 0.6 is 0 Å². The summed E-state index contributed by atoms with van der Waals surface area (Å²) >= 11 is 0. The number of carbonyl (C=O) groups excluding carboxylic acids is 4. The summed E-state index contributed by atoms with van der Waals surface area (Å²) in [5.74, 6) is -1.63. The number of nitrogens with two attached hydrogens (primary N) is 1. The maximum atomic E-state index is 14.2. The third kappa shape index (κ3) is 9.00. The molecule has 10 nitrogen and oxygen atoms in total. The van der Waals surface area contributed by atoms with E-state index < -0.39 is 47.5 Å². The molecule has 0 fully saturated rings. The fourth-order valence-electron chi connectivity index (χ4n) is 4.17. The first-order chi connectivity index (χ1) is 18.6. The first kappa shape index (κ1) is 32.1. The molecule has 5 N–H and O–H groups in total. The molecular weight excluding hydrogens is 512 g/mol. The summed E-state index contributed by atoms with van der Waals surface area (Å²) in [5.41, 5.74) is 6.97. The van der Waals surface area contributed by atoms with Crippen molar-refractivity contribution in [2.75, 3.05) is 5.32 Å². The molecule has 0 aromatic heterocycles. The van der Waals surface area contributed by atoms with E-state index in [4.69, 9.17) is 10.5 Å². The minimum Gasteiger partial charge on any atom is -0.508 e. The monoisotopic (exact) mass is 554 g/mol. The lowest BCUT2D eigenvalue weighted by atomic mass is 9.97. The number of para-hydroxylation sites is 1. The van der Waals surface area contributed by atoms with Crippen LogP contribution in [0.1, 0.15) is 76.6 Å². The van der Waals surface area contributed by atoms with E-state index in [1.165, 1.54) is 11.0 Å². The summed E-state index contributed by atoms with van der Waals surface area (Å²) in [6.07, 6.45) is -0.591. The van der Waals surface area contributed by atoms with Crippen LogP contribution in [0.5, 0.6) is 5.75 Å². The van der Waals surface area contributed by atoms with E-state index >= 15 is 0 Å². The van der Waals surface area contributed by atoms with Crippen LogP contribution in [0.3, 0.4) is 0 Å². The molecule has 10 heteroatoms. The Bertz CT molecular complexity index is 1220. The van der Waals surface area contributed by atoms with Gasteiger partial charge in [-0.1, -0.05) is 31.2 Å². The van der Waals surface area contributed by atoms with Gasteiger partial charge in [-0.25, -0.2) is 4.79 Å². The highest BCUT2D eigenvalue weighted by Crippen LogP contribution is 2.31. The standard InChI is InChI=1S/C30H42N4O6/c1-8-20(4)34(28(38)23(14-16-25(31)36)33-29(39)40-30(5,6)7)26(21-13-15-24(35)19(3)17-21)27(37)32-22-12-10-9-11-18(22)2/h9-13,15,17,20,23,26,35H,8,14,16H2,1-7H3,(H2,31,36)(H,32,37)(H,33,39). The van der Waals surface area contributed by atoms with Gasteiger partial charge >= 0.3 is 6.09 Å². The van der Waals surface area contributed by atoms with Gasteiger partial charge in [0.1, 0.15) is 23.4 Å². The van der Waals surface area contributed by atoms with E-state index in [0.29, 0.717) is 23.2 Å². The predicted molar refractivity (Wildman–Crippen MR) is 154 cm³/mol. The third-order valence-corrected chi connectivity index (χ3v) is 6.45. The predicted octanol–water partition coefficient (Wildman–Crippen LogP) is 4.47. The average Bonchev–Trinajstić information content (AvgIpc) is 2.86. The SMILES string of the molecule is CCC(C)N(C(=O)C(CCC(N)=O)NC(=O)OC(C)(C)C)C(C(=O)Nc1ccccc1C)c1ccc(O)c(C)c1. The number of hydrogen-bond donors (Lipinski definition) is 4. The second-order valence-corrected chi connectivity index (χ2v) is 11.0. The molecule has 0 aliphatic heterocycles. The molecule has 3 atom stereocenters. The first-order valence-electron chi connectivity index (χ1n) is 13.4. The fourth-order valence-corrected chi connectivity index (χ4v) is 4.17. The Balaban J connectivity index is 2.62. The number of nitrogens with zero attached hydrogens (tertiary/aromatic N) is 1. The van der Waals surface area contributed by atoms with Crippen LogP contribution in [-0.4, -0.2) is 51.5 Å². The van der Waals surface area contributed by atoms with Gasteiger partial charge in [-0.15, -0.1) is 0 Å². The van der Waals surface area contributed by atoms with Gasteiger partial charge in [0.25, 0.3) is 5.91 Å². The zero-order valence-electron chi connectivity index (χ0n) is 24.4. The van der Waals surface area contributed by atoms with Crippen LogP contribution < -0.4 is 16.4 Å². The van der Waals surface area contributed by atoms with Gasteiger partial charge < -0.3 is 31.1 Å². The molecule has 0 aliphatic carbocycles. The van der Waals surface area contributed by atoms with Gasteiger partial charge in [0, 0.05) is 18.2 Å². The molecule has 218 valence electrons. The van der Waals surface area contributed by atoms with Crippen LogP contribution in [-0.2, 0) is 19.1 Å². The molecule has 2 aromatic rings. The van der Waals surface area contributed by atoms with E-state index in [0.717, 1.165) is 5.56 Å². The van der Waals surface area contributed by atoms with Crippen molar-refractivity contribution in [2.45, 2.75) is 91.5 Å². The molecule has 0 saturated heterocycles. The van der Waals surface area contributed by atoms with Gasteiger partial charge in [0.15, 0.2) is 0 Å². The number of anilines is 1. The Morgan fingerprint density at radius 1 is 1.05 bits per heavy atom. The second kappa shape index (κ2) is 13.8. The normalized spacial score (nSPS) is 13.5. The number of ether oxygens (including phenoxy) is 1. The number of phenols is 1. The number of rotatable bonds is 11. The third-order valence-electron chi connectivity index (χ3n) is 6.45. The molecule has 2 aromatic carbocycles. The molecule has 0 radical (unpaired) electrons. The Morgan fingerprint density at radius 3 is 2.25 bits per heavy atom. The van der Waals surface area contributed by atoms with Crippen molar-refractivity contribution < 1.29 is 29.0 Å². The number of phenolic OH excluding ortho intramolecular Hbond substituents is 1. The highest BCUT2D eigenvalue weighted by atomic mass is 16.6. The lowest BCUT2D eigenvalue weighted by molar-refractivity contribution is -0.143. The minimum atomic E-state index is -1.19. The maximum Gasteiger partial charge on any atom is 0.408 e. The lowest BCUT2D eigenvalue weighted by Crippen LogP contribution is -2.55. The van der Waals surface area contributed by atoms with Crippen molar-refractivity contribution in [3.05, 3.63) is 59.2 Å². The molecule has 3 unspecified atom stereocenters. The first-order valence-corrected chi connectivity index (χ1v) is 13.4. The Hall–Kier alpha value is -4.08. The summed E-state index contributed by atoms with van der Waals surface area (Å²) in [7, 11) is 0. The van der Waals surface area contributed by atoms with Crippen molar-refractivity contribution in [3.63, 3.8) is 0 Å². The Labute approximate surface area is 236 Å². The summed E-state index contributed by atoms with van der Waals surface area (Å²) in [5, 5.41) is 15.7. The summed E-state index contributed by atoms with van der Waals surface area (Å²) in [6, 6.07) is 9.22. The highest BCUT2D eigenvalue weighted by Gasteiger charge is 2.39. The number of primary amides is 1. The highest BCUT2D eigenvalue weighted by molar-refractivity contribution is 5.99. The van der Waals surface area contributed by atoms with Crippen LogP contribution in [0.4, 0.5) is 10.5 Å². The summed E-state index contributed by atoms with van der Waals surface area (Å²) < 4.78 is 5.36. The minimum absolute atomic E-state index is 0.0501. The number of carbonyl (C=O) groups is 4. The zero-order valence-corrected chi connectivity index (χ0v) is 24.4.